The Kier molecular flexibility index (Phi) is 3.76. The second-order valence-electron chi connectivity index (χ2n) is 6.09. The molecule has 0 amide bonds. The molecule has 0 bridgehead atoms. The van der Waals surface area contributed by atoms with Crippen molar-refractivity contribution in [1.29, 1.82) is 0 Å². The van der Waals surface area contributed by atoms with Gasteiger partial charge in [0.2, 0.25) is 6.04 Å². The Morgan fingerprint density at radius 1 is 1.14 bits per heavy atom. The molecule has 1 aliphatic carbocycles. The monoisotopic (exact) mass is 292 g/mol. The molecule has 1 aromatic carbocycles. The number of hydrogen-bond donors (Lipinski definition) is 0. The zero-order chi connectivity index (χ0) is 15.8. The average Bonchev–Trinajstić information content (AvgIpc) is 2.35. The quantitative estimate of drug-likeness (QED) is 0.629. The first-order valence-corrected chi connectivity index (χ1v) is 6.62. The Morgan fingerprint density at radius 2 is 1.71 bits per heavy atom. The van der Waals surface area contributed by atoms with Crippen LogP contribution in [0, 0.1) is 25.6 Å². The lowest BCUT2D eigenvalue weighted by molar-refractivity contribution is -0.546. The van der Waals surface area contributed by atoms with Crippen LogP contribution in [0.1, 0.15) is 38.2 Å². The lowest BCUT2D eigenvalue weighted by atomic mass is 9.66. The van der Waals surface area contributed by atoms with Crippen molar-refractivity contribution in [3.8, 4) is 0 Å². The van der Waals surface area contributed by atoms with Crippen molar-refractivity contribution in [2.24, 2.45) is 5.41 Å². The number of Topliss-reactive ketones (excluding diaryl/α,β-unsaturated/α-hetero) is 1. The lowest BCUT2D eigenvalue weighted by Gasteiger charge is -2.37. The van der Waals surface area contributed by atoms with Gasteiger partial charge in [-0.05, 0) is 5.56 Å². The van der Waals surface area contributed by atoms with Crippen molar-refractivity contribution in [2.75, 3.05) is 0 Å². The van der Waals surface area contributed by atoms with E-state index >= 15 is 0 Å². The third-order valence-electron chi connectivity index (χ3n) is 4.04. The minimum Gasteiger partial charge on any atom is -0.300 e. The summed E-state index contributed by atoms with van der Waals surface area (Å²) in [5.74, 6) is -0.557. The molecule has 2 rings (SSSR count). The Balaban J connectivity index is 2.40. The molecule has 2 atom stereocenters. The first-order chi connectivity index (χ1) is 9.72. The predicted molar refractivity (Wildman–Crippen MR) is 74.6 cm³/mol. The molecular weight excluding hydrogens is 276 g/mol. The van der Waals surface area contributed by atoms with Crippen molar-refractivity contribution in [1.82, 2.24) is 0 Å². The van der Waals surface area contributed by atoms with Crippen LogP contribution in [0.3, 0.4) is 0 Å². The predicted octanol–water partition coefficient (Wildman–Crippen LogP) is 2.71. The van der Waals surface area contributed by atoms with E-state index in [2.05, 4.69) is 0 Å². The largest absolute Gasteiger partial charge is 0.300 e. The summed E-state index contributed by atoms with van der Waals surface area (Å²) in [7, 11) is 0. The summed E-state index contributed by atoms with van der Waals surface area (Å²) < 4.78 is 0. The summed E-state index contributed by atoms with van der Waals surface area (Å²) in [6.07, 6.45) is 0.287. The Labute approximate surface area is 121 Å². The number of benzene rings is 1. The van der Waals surface area contributed by atoms with Crippen molar-refractivity contribution < 1.29 is 14.6 Å². The summed E-state index contributed by atoms with van der Waals surface area (Å²) in [6, 6.07) is 4.77. The molecule has 1 aromatic rings. The van der Waals surface area contributed by atoms with E-state index < -0.39 is 22.3 Å². The van der Waals surface area contributed by atoms with Crippen LogP contribution in [-0.2, 0) is 4.79 Å². The van der Waals surface area contributed by atoms with Crippen LogP contribution in [0.25, 0.3) is 0 Å². The number of nitro benzene ring substituents is 1. The van der Waals surface area contributed by atoms with Gasteiger partial charge in [-0.15, -0.1) is 0 Å². The smallest absolute Gasteiger partial charge is 0.269 e. The van der Waals surface area contributed by atoms with Gasteiger partial charge in [0.15, 0.2) is 0 Å². The van der Waals surface area contributed by atoms with E-state index in [1.807, 2.05) is 0 Å². The molecule has 1 fully saturated rings. The second kappa shape index (κ2) is 5.23. The molecule has 0 radical (unpaired) electrons. The summed E-state index contributed by atoms with van der Waals surface area (Å²) in [6.45, 7) is 3.44. The highest BCUT2D eigenvalue weighted by Gasteiger charge is 2.50. The van der Waals surface area contributed by atoms with Crippen molar-refractivity contribution >= 4 is 11.5 Å². The normalized spacial score (nSPS) is 24.6. The zero-order valence-corrected chi connectivity index (χ0v) is 11.8. The number of carbonyl (C=O) groups excluding carboxylic acids is 1. The summed E-state index contributed by atoms with van der Waals surface area (Å²) >= 11 is 0. The highest BCUT2D eigenvalue weighted by atomic mass is 16.6. The highest BCUT2D eigenvalue weighted by Crippen LogP contribution is 2.43. The maximum Gasteiger partial charge on any atom is 0.269 e. The van der Waals surface area contributed by atoms with Crippen LogP contribution < -0.4 is 0 Å². The Morgan fingerprint density at radius 3 is 2.19 bits per heavy atom. The van der Waals surface area contributed by atoms with Crippen molar-refractivity contribution in [2.45, 2.75) is 38.6 Å². The van der Waals surface area contributed by atoms with Gasteiger partial charge in [0.25, 0.3) is 5.69 Å². The van der Waals surface area contributed by atoms with E-state index in [0.29, 0.717) is 5.56 Å². The van der Waals surface area contributed by atoms with Gasteiger partial charge in [0.05, 0.1) is 10.8 Å². The lowest BCUT2D eigenvalue weighted by Crippen LogP contribution is -2.47. The molecule has 1 saturated carbocycles. The van der Waals surface area contributed by atoms with E-state index in [0.717, 1.165) is 0 Å². The first-order valence-electron chi connectivity index (χ1n) is 6.62. The number of hydrogen-bond acceptors (Lipinski definition) is 5. The van der Waals surface area contributed by atoms with E-state index in [9.17, 15) is 25.0 Å². The van der Waals surface area contributed by atoms with Gasteiger partial charge in [-0.25, -0.2) is 0 Å². The number of rotatable bonds is 3. The maximum absolute atomic E-state index is 11.9. The van der Waals surface area contributed by atoms with Gasteiger partial charge in [0, 0.05) is 35.3 Å². The van der Waals surface area contributed by atoms with Gasteiger partial charge < -0.3 is 0 Å². The molecule has 1 aliphatic rings. The molecule has 0 heterocycles. The molecule has 0 spiro atoms. The van der Waals surface area contributed by atoms with E-state index in [4.69, 9.17) is 0 Å². The van der Waals surface area contributed by atoms with Crippen LogP contribution in [0.2, 0.25) is 0 Å². The van der Waals surface area contributed by atoms with Crippen LogP contribution in [-0.4, -0.2) is 21.7 Å². The standard InChI is InChI=1S/C14H16N2O5/c1-14(2)8-11(17)7-12(13(14)16(20)21)9-3-5-10(6-4-9)15(18)19/h3-6,12-13H,7-8H2,1-2H3/t12-,13-/m0/s1. The zero-order valence-electron chi connectivity index (χ0n) is 11.8. The summed E-state index contributed by atoms with van der Waals surface area (Å²) in [5.41, 5.74) is -0.202. The minimum absolute atomic E-state index is 0.0125. The molecule has 0 N–H and O–H groups in total. The molecule has 0 unspecified atom stereocenters. The SMILES string of the molecule is CC1(C)CC(=O)C[C@@H](c2ccc([N+](=O)[O-])cc2)[C@@H]1[N+](=O)[O-]. The van der Waals surface area contributed by atoms with E-state index in [1.54, 1.807) is 13.8 Å². The minimum atomic E-state index is -0.878. The van der Waals surface area contributed by atoms with Crippen LogP contribution in [0.4, 0.5) is 5.69 Å². The highest BCUT2D eigenvalue weighted by molar-refractivity contribution is 5.81. The van der Waals surface area contributed by atoms with Crippen LogP contribution in [0.15, 0.2) is 24.3 Å². The van der Waals surface area contributed by atoms with Gasteiger partial charge in [-0.1, -0.05) is 26.0 Å². The average molecular weight is 292 g/mol. The van der Waals surface area contributed by atoms with Crippen LogP contribution in [0.5, 0.6) is 0 Å². The molecular formula is C14H16N2O5. The fourth-order valence-electron chi connectivity index (χ4n) is 3.16. The van der Waals surface area contributed by atoms with Crippen molar-refractivity contribution in [3.63, 3.8) is 0 Å². The summed E-state index contributed by atoms with van der Waals surface area (Å²) in [4.78, 5) is 33.1. The fourth-order valence-corrected chi connectivity index (χ4v) is 3.16. The van der Waals surface area contributed by atoms with Crippen LogP contribution >= 0.6 is 0 Å². The molecule has 0 aliphatic heterocycles. The Hall–Kier alpha value is -2.31. The number of ketones is 1. The van der Waals surface area contributed by atoms with Gasteiger partial charge in [-0.3, -0.25) is 25.0 Å². The topological polar surface area (TPSA) is 103 Å². The first kappa shape index (κ1) is 15.1. The van der Waals surface area contributed by atoms with Crippen molar-refractivity contribution in [3.05, 3.63) is 50.1 Å². The molecule has 7 heteroatoms. The third kappa shape index (κ3) is 2.91. The second-order valence-corrected chi connectivity index (χ2v) is 6.09. The maximum atomic E-state index is 11.9. The molecule has 0 aromatic heterocycles. The number of non-ortho nitro benzene ring substituents is 1. The number of carbonyl (C=O) groups is 1. The molecule has 112 valence electrons. The van der Waals surface area contributed by atoms with Gasteiger partial charge in [-0.2, -0.15) is 0 Å². The van der Waals surface area contributed by atoms with Gasteiger partial charge >= 0.3 is 0 Å². The molecule has 21 heavy (non-hydrogen) atoms. The third-order valence-corrected chi connectivity index (χ3v) is 4.04. The molecule has 7 nitrogen and oxygen atoms in total. The fraction of sp³-hybridized carbons (Fsp3) is 0.500. The van der Waals surface area contributed by atoms with E-state index in [1.165, 1.54) is 24.3 Å². The number of nitro groups is 2. The van der Waals surface area contributed by atoms with E-state index in [-0.39, 0.29) is 29.2 Å². The summed E-state index contributed by atoms with van der Waals surface area (Å²) in [5, 5.41) is 22.1. The molecule has 0 saturated heterocycles. The Bertz CT molecular complexity index is 594. The van der Waals surface area contributed by atoms with Gasteiger partial charge in [0.1, 0.15) is 5.78 Å². The number of nitrogens with zero attached hydrogens (tertiary/aromatic N) is 2.